The molecule has 220 valence electrons. The number of fused-ring (bicyclic) bond motifs is 2. The van der Waals surface area contributed by atoms with Crippen molar-refractivity contribution >= 4 is 12.1 Å². The number of piperidine rings is 1. The van der Waals surface area contributed by atoms with Gasteiger partial charge in [-0.3, -0.25) is 4.90 Å². The van der Waals surface area contributed by atoms with Gasteiger partial charge in [-0.05, 0) is 78.2 Å². The number of ether oxygens (including phenoxy) is 2. The molecule has 5 atom stereocenters. The van der Waals surface area contributed by atoms with Crippen molar-refractivity contribution < 1.29 is 19.1 Å². The van der Waals surface area contributed by atoms with Crippen molar-refractivity contribution in [1.82, 2.24) is 19.6 Å². The number of nitrogens with zero attached hydrogens (tertiary/aromatic N) is 4. The molecule has 0 N–H and O–H groups in total. The van der Waals surface area contributed by atoms with E-state index in [0.29, 0.717) is 37.1 Å². The second-order valence-electron chi connectivity index (χ2n) is 14.3. The van der Waals surface area contributed by atoms with Crippen LogP contribution in [0.25, 0.3) is 0 Å². The molecule has 5 heterocycles. The third-order valence-electron chi connectivity index (χ3n) is 10.1. The molecule has 5 aliphatic rings. The molecule has 0 aromatic heterocycles. The lowest BCUT2D eigenvalue weighted by atomic mass is 9.80. The molecule has 6 rings (SSSR count). The fraction of sp³-hybridized carbons (Fsp3) is 0.750. The van der Waals surface area contributed by atoms with Crippen molar-refractivity contribution in [2.24, 2.45) is 5.92 Å². The van der Waals surface area contributed by atoms with Gasteiger partial charge in [-0.1, -0.05) is 30.3 Å². The molecular weight excluding hydrogens is 504 g/mol. The first-order chi connectivity index (χ1) is 19.0. The molecule has 1 aromatic carbocycles. The van der Waals surface area contributed by atoms with E-state index in [9.17, 15) is 9.59 Å². The van der Waals surface area contributed by atoms with Gasteiger partial charge in [0.1, 0.15) is 5.60 Å². The van der Waals surface area contributed by atoms with Crippen LogP contribution in [0.2, 0.25) is 0 Å². The smallest absolute Gasteiger partial charge is 0.410 e. The van der Waals surface area contributed by atoms with E-state index in [1.54, 1.807) is 0 Å². The van der Waals surface area contributed by atoms with Crippen LogP contribution in [0.5, 0.6) is 0 Å². The lowest BCUT2D eigenvalue weighted by Gasteiger charge is -2.50. The molecule has 40 heavy (non-hydrogen) atoms. The van der Waals surface area contributed by atoms with Crippen LogP contribution in [0, 0.1) is 5.92 Å². The summed E-state index contributed by atoms with van der Waals surface area (Å²) in [5.41, 5.74) is 0.714. The Morgan fingerprint density at radius 3 is 2.35 bits per heavy atom. The van der Waals surface area contributed by atoms with Crippen LogP contribution < -0.4 is 0 Å². The number of urea groups is 1. The lowest BCUT2D eigenvalue weighted by molar-refractivity contribution is 0.00781. The molecule has 1 spiro atoms. The Bertz CT molecular complexity index is 1070. The van der Waals surface area contributed by atoms with Crippen LogP contribution in [0.3, 0.4) is 0 Å². The molecule has 3 unspecified atom stereocenters. The zero-order valence-electron chi connectivity index (χ0n) is 25.1. The molecule has 0 radical (unpaired) electrons. The number of benzene rings is 1. The Kier molecular flexibility index (Phi) is 7.31. The molecule has 2 bridgehead atoms. The van der Waals surface area contributed by atoms with E-state index in [1.807, 2.05) is 25.7 Å². The first-order valence-corrected chi connectivity index (χ1v) is 15.5. The summed E-state index contributed by atoms with van der Waals surface area (Å²) in [5, 5.41) is 0. The molecule has 3 amide bonds. The van der Waals surface area contributed by atoms with Crippen LogP contribution in [0.1, 0.15) is 78.2 Å². The summed E-state index contributed by atoms with van der Waals surface area (Å²) in [5.74, 6) is 0.646. The summed E-state index contributed by atoms with van der Waals surface area (Å²) < 4.78 is 11.5. The summed E-state index contributed by atoms with van der Waals surface area (Å²) in [6.45, 7) is 14.8. The Morgan fingerprint density at radius 1 is 1.05 bits per heavy atom. The average Bonchev–Trinajstić information content (AvgIpc) is 3.66. The first-order valence-electron chi connectivity index (χ1n) is 15.5. The maximum absolute atomic E-state index is 13.7. The van der Waals surface area contributed by atoms with E-state index in [4.69, 9.17) is 9.47 Å². The fourth-order valence-electron chi connectivity index (χ4n) is 8.54. The van der Waals surface area contributed by atoms with Crippen molar-refractivity contribution in [3.8, 4) is 0 Å². The van der Waals surface area contributed by atoms with Crippen LogP contribution in [0.4, 0.5) is 9.59 Å². The van der Waals surface area contributed by atoms with Gasteiger partial charge >= 0.3 is 12.1 Å². The van der Waals surface area contributed by atoms with Crippen molar-refractivity contribution in [3.05, 3.63) is 35.9 Å². The third-order valence-corrected chi connectivity index (χ3v) is 10.1. The standard InChI is InChI=1S/C32H48N4O4/c1-22(2)36-29(37)35(27-13-14-39-20-27)21-32(36)15-25-11-12-26(16-32)34(25)18-24-17-33(30(38)40-31(3,4)5)19-28(24)23-9-7-6-8-10-23/h6-10,22,24-28H,11-21H2,1-5H3/t24-,25?,26?,27?,28-,32?/m1/s1. The quantitative estimate of drug-likeness (QED) is 0.518. The van der Waals surface area contributed by atoms with Gasteiger partial charge < -0.3 is 24.2 Å². The zero-order valence-corrected chi connectivity index (χ0v) is 25.1. The molecule has 5 aliphatic heterocycles. The van der Waals surface area contributed by atoms with Gasteiger partial charge in [-0.25, -0.2) is 9.59 Å². The van der Waals surface area contributed by atoms with Gasteiger partial charge in [0.25, 0.3) is 0 Å². The Labute approximate surface area is 239 Å². The monoisotopic (exact) mass is 552 g/mol. The van der Waals surface area contributed by atoms with E-state index in [-0.39, 0.29) is 29.7 Å². The maximum atomic E-state index is 13.7. The highest BCUT2D eigenvalue weighted by atomic mass is 16.6. The predicted octanol–water partition coefficient (Wildman–Crippen LogP) is 4.94. The summed E-state index contributed by atoms with van der Waals surface area (Å²) in [4.78, 5) is 35.9. The number of carbonyl (C=O) groups excluding carboxylic acids is 2. The number of amides is 3. The fourth-order valence-corrected chi connectivity index (χ4v) is 8.54. The van der Waals surface area contributed by atoms with Crippen molar-refractivity contribution in [3.63, 3.8) is 0 Å². The maximum Gasteiger partial charge on any atom is 0.410 e. The molecule has 5 saturated heterocycles. The number of likely N-dealkylation sites (tertiary alicyclic amines) is 1. The van der Waals surface area contributed by atoms with Gasteiger partial charge in [-0.15, -0.1) is 0 Å². The van der Waals surface area contributed by atoms with Crippen LogP contribution >= 0.6 is 0 Å². The van der Waals surface area contributed by atoms with E-state index >= 15 is 0 Å². The molecule has 8 heteroatoms. The largest absolute Gasteiger partial charge is 0.444 e. The minimum Gasteiger partial charge on any atom is -0.444 e. The lowest BCUT2D eigenvalue weighted by Crippen LogP contribution is -2.60. The first kappa shape index (κ1) is 27.8. The zero-order chi connectivity index (χ0) is 28.2. The van der Waals surface area contributed by atoms with Crippen molar-refractivity contribution in [1.29, 1.82) is 0 Å². The van der Waals surface area contributed by atoms with Gasteiger partial charge in [0, 0.05) is 56.8 Å². The Balaban J connectivity index is 1.20. The molecule has 0 aliphatic carbocycles. The number of rotatable bonds is 5. The average molecular weight is 553 g/mol. The van der Waals surface area contributed by atoms with Crippen molar-refractivity contribution in [2.75, 3.05) is 39.4 Å². The number of hydrogen-bond donors (Lipinski definition) is 0. The highest BCUT2D eigenvalue weighted by Gasteiger charge is 2.59. The topological polar surface area (TPSA) is 65.6 Å². The third kappa shape index (κ3) is 5.11. The molecule has 5 fully saturated rings. The van der Waals surface area contributed by atoms with E-state index in [2.05, 4.69) is 58.9 Å². The molecule has 1 aromatic rings. The van der Waals surface area contributed by atoms with Gasteiger partial charge in [0.05, 0.1) is 18.2 Å². The number of hydrogen-bond acceptors (Lipinski definition) is 5. The van der Waals surface area contributed by atoms with E-state index < -0.39 is 5.60 Å². The van der Waals surface area contributed by atoms with E-state index in [0.717, 1.165) is 45.5 Å². The van der Waals surface area contributed by atoms with E-state index in [1.165, 1.54) is 18.4 Å². The summed E-state index contributed by atoms with van der Waals surface area (Å²) in [6.07, 6.45) is 5.20. The van der Waals surface area contributed by atoms with Crippen LogP contribution in [0.15, 0.2) is 30.3 Å². The molecule has 0 saturated carbocycles. The van der Waals surface area contributed by atoms with Crippen LogP contribution in [-0.2, 0) is 9.47 Å². The minimum absolute atomic E-state index is 0.0900. The summed E-state index contributed by atoms with van der Waals surface area (Å²) in [7, 11) is 0. The molecule has 8 nitrogen and oxygen atoms in total. The van der Waals surface area contributed by atoms with Crippen molar-refractivity contribution in [2.45, 2.75) is 108 Å². The summed E-state index contributed by atoms with van der Waals surface area (Å²) >= 11 is 0. The van der Waals surface area contributed by atoms with Gasteiger partial charge in [-0.2, -0.15) is 0 Å². The predicted molar refractivity (Wildman–Crippen MR) is 154 cm³/mol. The number of carbonyl (C=O) groups is 2. The Morgan fingerprint density at radius 2 is 1.75 bits per heavy atom. The normalized spacial score (nSPS) is 34.6. The van der Waals surface area contributed by atoms with Gasteiger partial charge in [0.15, 0.2) is 0 Å². The minimum atomic E-state index is -0.503. The van der Waals surface area contributed by atoms with Crippen LogP contribution in [-0.4, -0.2) is 106 Å². The second-order valence-corrected chi connectivity index (χ2v) is 14.3. The Hall–Kier alpha value is -2.32. The van der Waals surface area contributed by atoms with Gasteiger partial charge in [0.2, 0.25) is 0 Å². The second kappa shape index (κ2) is 10.5. The highest BCUT2D eigenvalue weighted by Crippen LogP contribution is 2.49. The summed E-state index contributed by atoms with van der Waals surface area (Å²) in [6, 6.07) is 12.3. The SMILES string of the molecule is CC(C)N1C(=O)N(C2CCOC2)CC12CC1CCC(C2)N1C[C@H]1CN(C(=O)OC(C)(C)C)C[C@@H]1c1ccccc1. The highest BCUT2D eigenvalue weighted by molar-refractivity contribution is 5.79. The molecular formula is C32H48N4O4.